The Bertz CT molecular complexity index is 293. The third-order valence-corrected chi connectivity index (χ3v) is 4.37. The number of hydrogen-bond donors (Lipinski definition) is 1. The lowest BCUT2D eigenvalue weighted by atomic mass is 10.0. The highest BCUT2D eigenvalue weighted by molar-refractivity contribution is 7.14. The van der Waals surface area contributed by atoms with Gasteiger partial charge >= 0.3 is 0 Å². The molecule has 0 aliphatic heterocycles. The number of nitrogen functional groups attached to an aromatic ring is 1. The van der Waals surface area contributed by atoms with Crippen LogP contribution in [0.3, 0.4) is 0 Å². The van der Waals surface area contributed by atoms with Gasteiger partial charge in [-0.2, -0.15) is 0 Å². The van der Waals surface area contributed by atoms with E-state index in [-0.39, 0.29) is 0 Å². The minimum atomic E-state index is 1.02. The van der Waals surface area contributed by atoms with E-state index < -0.39 is 0 Å². The molecule has 0 aliphatic carbocycles. The van der Waals surface area contributed by atoms with Crippen LogP contribution in [0.4, 0.5) is 5.00 Å². The molecule has 0 aromatic carbocycles. The maximum absolute atomic E-state index is 5.88. The Morgan fingerprint density at radius 2 is 1.44 bits per heavy atom. The van der Waals surface area contributed by atoms with Crippen molar-refractivity contribution in [1.29, 1.82) is 0 Å². The first-order valence-electron chi connectivity index (χ1n) is 7.66. The SMILES string of the molecule is CCCCCCCCCCCCc1ccsc1N. The number of rotatable bonds is 11. The van der Waals surface area contributed by atoms with Crippen LogP contribution in [0.25, 0.3) is 0 Å². The smallest absolute Gasteiger partial charge is 0.0888 e. The minimum absolute atomic E-state index is 1.02. The largest absolute Gasteiger partial charge is 0.390 e. The van der Waals surface area contributed by atoms with E-state index in [1.54, 1.807) is 11.3 Å². The Kier molecular flexibility index (Phi) is 9.01. The number of anilines is 1. The van der Waals surface area contributed by atoms with Gasteiger partial charge in [0.25, 0.3) is 0 Å². The quantitative estimate of drug-likeness (QED) is 0.504. The Balaban J connectivity index is 1.83. The number of hydrogen-bond acceptors (Lipinski definition) is 2. The van der Waals surface area contributed by atoms with Crippen molar-refractivity contribution >= 4 is 16.3 Å². The zero-order chi connectivity index (χ0) is 13.1. The van der Waals surface area contributed by atoms with Crippen molar-refractivity contribution in [3.8, 4) is 0 Å². The van der Waals surface area contributed by atoms with Gasteiger partial charge in [0.05, 0.1) is 5.00 Å². The van der Waals surface area contributed by atoms with Crippen molar-refractivity contribution < 1.29 is 0 Å². The van der Waals surface area contributed by atoms with Gasteiger partial charge in [0.15, 0.2) is 0 Å². The molecule has 1 aromatic heterocycles. The van der Waals surface area contributed by atoms with Crippen LogP contribution in [0.5, 0.6) is 0 Å². The van der Waals surface area contributed by atoms with Crippen LogP contribution in [0.2, 0.25) is 0 Å². The molecule has 0 spiro atoms. The fourth-order valence-corrected chi connectivity index (χ4v) is 3.06. The van der Waals surface area contributed by atoms with E-state index in [1.165, 1.54) is 76.2 Å². The maximum Gasteiger partial charge on any atom is 0.0888 e. The predicted octanol–water partition coefficient (Wildman–Crippen LogP) is 5.79. The molecule has 1 heterocycles. The molecule has 0 amide bonds. The Hall–Kier alpha value is -0.500. The molecule has 1 nitrogen and oxygen atoms in total. The van der Waals surface area contributed by atoms with Gasteiger partial charge in [-0.1, -0.05) is 64.7 Å². The minimum Gasteiger partial charge on any atom is -0.390 e. The highest BCUT2D eigenvalue weighted by atomic mass is 32.1. The fourth-order valence-electron chi connectivity index (χ4n) is 2.36. The van der Waals surface area contributed by atoms with E-state index >= 15 is 0 Å². The van der Waals surface area contributed by atoms with Crippen LogP contribution >= 0.6 is 11.3 Å². The summed E-state index contributed by atoms with van der Waals surface area (Å²) >= 11 is 1.66. The molecule has 0 radical (unpaired) electrons. The molecule has 18 heavy (non-hydrogen) atoms. The third kappa shape index (κ3) is 7.05. The predicted molar refractivity (Wildman–Crippen MR) is 84.3 cm³/mol. The molecule has 2 N–H and O–H groups in total. The standard InChI is InChI=1S/C16H29NS/c1-2-3-4-5-6-7-8-9-10-11-12-15-13-14-18-16(15)17/h13-14H,2-12,17H2,1H3. The lowest BCUT2D eigenvalue weighted by molar-refractivity contribution is 0.556. The molecule has 0 atom stereocenters. The first-order chi connectivity index (χ1) is 8.84. The first-order valence-corrected chi connectivity index (χ1v) is 8.54. The molecule has 0 fully saturated rings. The summed E-state index contributed by atoms with van der Waals surface area (Å²) in [6, 6.07) is 2.17. The average Bonchev–Trinajstić information content (AvgIpc) is 2.77. The number of thiophene rings is 1. The molecular formula is C16H29NS. The van der Waals surface area contributed by atoms with Crippen molar-refractivity contribution in [2.45, 2.75) is 77.6 Å². The van der Waals surface area contributed by atoms with Crippen LogP contribution < -0.4 is 5.73 Å². The van der Waals surface area contributed by atoms with Gasteiger partial charge in [0.1, 0.15) is 0 Å². The Morgan fingerprint density at radius 1 is 0.889 bits per heavy atom. The van der Waals surface area contributed by atoms with Crippen LogP contribution in [-0.2, 0) is 6.42 Å². The normalized spacial score (nSPS) is 10.9. The molecule has 0 saturated heterocycles. The van der Waals surface area contributed by atoms with Crippen LogP contribution in [-0.4, -0.2) is 0 Å². The van der Waals surface area contributed by atoms with E-state index in [1.807, 2.05) is 0 Å². The lowest BCUT2D eigenvalue weighted by Gasteiger charge is -2.02. The van der Waals surface area contributed by atoms with Gasteiger partial charge in [-0.05, 0) is 29.9 Å². The molecule has 0 bridgehead atoms. The van der Waals surface area contributed by atoms with Gasteiger partial charge in [0.2, 0.25) is 0 Å². The number of nitrogens with two attached hydrogens (primary N) is 1. The summed E-state index contributed by atoms with van der Waals surface area (Å²) in [5.41, 5.74) is 7.24. The van der Waals surface area contributed by atoms with Gasteiger partial charge in [-0.25, -0.2) is 0 Å². The van der Waals surface area contributed by atoms with E-state index in [9.17, 15) is 0 Å². The molecule has 2 heteroatoms. The second-order valence-electron chi connectivity index (χ2n) is 5.24. The zero-order valence-electron chi connectivity index (χ0n) is 11.9. The maximum atomic E-state index is 5.88. The molecular weight excluding hydrogens is 238 g/mol. The molecule has 104 valence electrons. The first kappa shape index (κ1) is 15.6. The van der Waals surface area contributed by atoms with Crippen LogP contribution in [0, 0.1) is 0 Å². The second-order valence-corrected chi connectivity index (χ2v) is 6.19. The molecule has 1 aromatic rings. The van der Waals surface area contributed by atoms with Crippen molar-refractivity contribution in [2.24, 2.45) is 0 Å². The number of aryl methyl sites for hydroxylation is 1. The Labute approximate surface area is 117 Å². The van der Waals surface area contributed by atoms with Gasteiger partial charge in [-0.3, -0.25) is 0 Å². The summed E-state index contributed by atoms with van der Waals surface area (Å²) in [5.74, 6) is 0. The van der Waals surface area contributed by atoms with Gasteiger partial charge in [-0.15, -0.1) is 11.3 Å². The lowest BCUT2D eigenvalue weighted by Crippen LogP contribution is -1.89. The molecule has 1 rings (SSSR count). The third-order valence-electron chi connectivity index (χ3n) is 3.58. The highest BCUT2D eigenvalue weighted by Crippen LogP contribution is 2.21. The van der Waals surface area contributed by atoms with E-state index in [0.717, 1.165) is 5.00 Å². The van der Waals surface area contributed by atoms with Crippen molar-refractivity contribution in [3.63, 3.8) is 0 Å². The zero-order valence-corrected chi connectivity index (χ0v) is 12.7. The van der Waals surface area contributed by atoms with Crippen molar-refractivity contribution in [2.75, 3.05) is 5.73 Å². The topological polar surface area (TPSA) is 26.0 Å². The average molecular weight is 267 g/mol. The van der Waals surface area contributed by atoms with Crippen LogP contribution in [0.15, 0.2) is 11.4 Å². The van der Waals surface area contributed by atoms with Gasteiger partial charge < -0.3 is 5.73 Å². The summed E-state index contributed by atoms with van der Waals surface area (Å²) < 4.78 is 0. The number of unbranched alkanes of at least 4 members (excludes halogenated alkanes) is 9. The summed E-state index contributed by atoms with van der Waals surface area (Å²) in [4.78, 5) is 0. The van der Waals surface area contributed by atoms with Crippen LogP contribution in [0.1, 0.15) is 76.7 Å². The van der Waals surface area contributed by atoms with Crippen molar-refractivity contribution in [1.82, 2.24) is 0 Å². The molecule has 0 unspecified atom stereocenters. The van der Waals surface area contributed by atoms with E-state index in [4.69, 9.17) is 5.73 Å². The Morgan fingerprint density at radius 3 is 1.94 bits per heavy atom. The summed E-state index contributed by atoms with van der Waals surface area (Å²) in [6.07, 6.45) is 15.2. The molecule has 0 aliphatic rings. The molecule has 0 saturated carbocycles. The second kappa shape index (κ2) is 10.4. The summed E-state index contributed by atoms with van der Waals surface area (Å²) in [6.45, 7) is 2.28. The fraction of sp³-hybridized carbons (Fsp3) is 0.750. The van der Waals surface area contributed by atoms with Gasteiger partial charge in [0, 0.05) is 0 Å². The van der Waals surface area contributed by atoms with E-state index in [2.05, 4.69) is 18.4 Å². The monoisotopic (exact) mass is 267 g/mol. The van der Waals surface area contributed by atoms with Crippen molar-refractivity contribution in [3.05, 3.63) is 17.0 Å². The highest BCUT2D eigenvalue weighted by Gasteiger charge is 1.99. The summed E-state index contributed by atoms with van der Waals surface area (Å²) in [7, 11) is 0. The summed E-state index contributed by atoms with van der Waals surface area (Å²) in [5, 5.41) is 3.12. The van der Waals surface area contributed by atoms with E-state index in [0.29, 0.717) is 0 Å².